The lowest BCUT2D eigenvalue weighted by Crippen LogP contribution is -2.46. The molecule has 112 valence electrons. The Hall–Kier alpha value is -1.63. The topological polar surface area (TPSA) is 108 Å². The highest BCUT2D eigenvalue weighted by atomic mass is 16.4. The Morgan fingerprint density at radius 3 is 2.45 bits per heavy atom. The van der Waals surface area contributed by atoms with Crippen molar-refractivity contribution in [3.63, 3.8) is 0 Å². The maximum Gasteiger partial charge on any atom is 0.321 e. The first-order valence-electron chi connectivity index (χ1n) is 7.11. The molecule has 0 heterocycles. The van der Waals surface area contributed by atoms with E-state index in [0.29, 0.717) is 12.8 Å². The SMILES string of the molecule is O=C(CNC1CCCC(C(=O)O)C1)NC(=O)NC1CC1. The molecule has 0 spiro atoms. The molecule has 2 saturated carbocycles. The number of aliphatic carboxylic acids is 1. The first kappa shape index (κ1) is 14.8. The second-order valence-electron chi connectivity index (χ2n) is 5.58. The standard InChI is InChI=1S/C13H21N3O4/c17-11(16-13(20)15-9-4-5-9)7-14-10-3-1-2-8(6-10)12(18)19/h8-10,14H,1-7H2,(H,18,19)(H2,15,16,17,20). The molecule has 7 heteroatoms. The predicted molar refractivity (Wildman–Crippen MR) is 71.1 cm³/mol. The lowest BCUT2D eigenvalue weighted by molar-refractivity contribution is -0.143. The number of carboxylic acid groups (broad SMARTS) is 1. The normalized spacial score (nSPS) is 25.8. The summed E-state index contributed by atoms with van der Waals surface area (Å²) in [7, 11) is 0. The van der Waals surface area contributed by atoms with E-state index in [-0.39, 0.29) is 30.5 Å². The fraction of sp³-hybridized carbons (Fsp3) is 0.769. The van der Waals surface area contributed by atoms with Crippen molar-refractivity contribution in [1.29, 1.82) is 0 Å². The number of nitrogens with one attached hydrogen (secondary N) is 3. The molecule has 7 nitrogen and oxygen atoms in total. The van der Waals surface area contributed by atoms with Crippen LogP contribution >= 0.6 is 0 Å². The Balaban J connectivity index is 1.64. The predicted octanol–water partition coefficient (Wildman–Crippen LogP) is 0.208. The van der Waals surface area contributed by atoms with Crippen molar-refractivity contribution in [3.8, 4) is 0 Å². The van der Waals surface area contributed by atoms with Crippen LogP contribution in [-0.2, 0) is 9.59 Å². The van der Waals surface area contributed by atoms with Crippen molar-refractivity contribution in [3.05, 3.63) is 0 Å². The Bertz CT molecular complexity index is 395. The summed E-state index contributed by atoms with van der Waals surface area (Å²) in [5.41, 5.74) is 0. The first-order valence-corrected chi connectivity index (χ1v) is 7.11. The highest BCUT2D eigenvalue weighted by molar-refractivity contribution is 5.95. The Kier molecular flexibility index (Phi) is 4.94. The summed E-state index contributed by atoms with van der Waals surface area (Å²) >= 11 is 0. The summed E-state index contributed by atoms with van der Waals surface area (Å²) in [6.45, 7) is 0.0368. The van der Waals surface area contributed by atoms with E-state index in [9.17, 15) is 14.4 Å². The van der Waals surface area contributed by atoms with Crippen LogP contribution in [0.15, 0.2) is 0 Å². The number of urea groups is 1. The van der Waals surface area contributed by atoms with Gasteiger partial charge in [0.1, 0.15) is 0 Å². The van der Waals surface area contributed by atoms with Crippen LogP contribution in [0.25, 0.3) is 0 Å². The monoisotopic (exact) mass is 283 g/mol. The Morgan fingerprint density at radius 2 is 1.80 bits per heavy atom. The Morgan fingerprint density at radius 1 is 1.05 bits per heavy atom. The van der Waals surface area contributed by atoms with Gasteiger partial charge < -0.3 is 15.7 Å². The number of amides is 3. The van der Waals surface area contributed by atoms with E-state index in [0.717, 1.165) is 25.7 Å². The molecule has 0 saturated heterocycles. The number of carbonyl (C=O) groups is 3. The average molecular weight is 283 g/mol. The van der Waals surface area contributed by atoms with E-state index in [4.69, 9.17) is 5.11 Å². The zero-order valence-corrected chi connectivity index (χ0v) is 11.4. The third-order valence-corrected chi connectivity index (χ3v) is 3.74. The largest absolute Gasteiger partial charge is 0.481 e. The van der Waals surface area contributed by atoms with Gasteiger partial charge in [0.15, 0.2) is 0 Å². The molecule has 0 aromatic heterocycles. The van der Waals surface area contributed by atoms with Crippen molar-refractivity contribution < 1.29 is 19.5 Å². The molecule has 2 rings (SSSR count). The van der Waals surface area contributed by atoms with Crippen molar-refractivity contribution in [2.45, 2.75) is 50.6 Å². The van der Waals surface area contributed by atoms with Crippen LogP contribution in [0.1, 0.15) is 38.5 Å². The van der Waals surface area contributed by atoms with E-state index in [1.807, 2.05) is 0 Å². The van der Waals surface area contributed by atoms with Crippen molar-refractivity contribution >= 4 is 17.9 Å². The van der Waals surface area contributed by atoms with E-state index >= 15 is 0 Å². The van der Waals surface area contributed by atoms with Gasteiger partial charge in [-0.3, -0.25) is 14.9 Å². The number of hydrogen-bond acceptors (Lipinski definition) is 4. The third-order valence-electron chi connectivity index (χ3n) is 3.74. The van der Waals surface area contributed by atoms with E-state index < -0.39 is 12.0 Å². The van der Waals surface area contributed by atoms with Gasteiger partial charge in [-0.1, -0.05) is 6.42 Å². The lowest BCUT2D eigenvalue weighted by atomic mass is 9.86. The smallest absolute Gasteiger partial charge is 0.321 e. The van der Waals surface area contributed by atoms with Gasteiger partial charge in [0, 0.05) is 12.1 Å². The molecule has 0 aromatic carbocycles. The molecular weight excluding hydrogens is 262 g/mol. The zero-order chi connectivity index (χ0) is 14.5. The molecule has 2 atom stereocenters. The zero-order valence-electron chi connectivity index (χ0n) is 11.4. The first-order chi connectivity index (χ1) is 9.54. The Labute approximate surface area is 117 Å². The maximum absolute atomic E-state index is 11.6. The van der Waals surface area contributed by atoms with Crippen LogP contribution in [-0.4, -0.2) is 41.6 Å². The molecule has 2 aliphatic carbocycles. The summed E-state index contributed by atoms with van der Waals surface area (Å²) in [6.07, 6.45) is 4.89. The minimum absolute atomic E-state index is 0.0297. The van der Waals surface area contributed by atoms with Gasteiger partial charge in [-0.05, 0) is 32.1 Å². The number of imide groups is 1. The molecule has 0 aliphatic heterocycles. The highest BCUT2D eigenvalue weighted by Gasteiger charge is 2.27. The maximum atomic E-state index is 11.6. The molecule has 4 N–H and O–H groups in total. The number of carboxylic acids is 1. The third kappa shape index (κ3) is 4.80. The molecule has 3 amide bonds. The molecular formula is C13H21N3O4. The summed E-state index contributed by atoms with van der Waals surface area (Å²) < 4.78 is 0. The van der Waals surface area contributed by atoms with Crippen LogP contribution in [0, 0.1) is 5.92 Å². The van der Waals surface area contributed by atoms with Gasteiger partial charge in [0.2, 0.25) is 5.91 Å². The lowest BCUT2D eigenvalue weighted by Gasteiger charge is -2.27. The van der Waals surface area contributed by atoms with Gasteiger partial charge in [-0.25, -0.2) is 4.79 Å². The van der Waals surface area contributed by atoms with Gasteiger partial charge in [0.05, 0.1) is 12.5 Å². The van der Waals surface area contributed by atoms with Gasteiger partial charge in [0.25, 0.3) is 0 Å². The fourth-order valence-corrected chi connectivity index (χ4v) is 2.46. The van der Waals surface area contributed by atoms with E-state index in [1.54, 1.807) is 0 Å². The quantitative estimate of drug-likeness (QED) is 0.577. The van der Waals surface area contributed by atoms with Crippen LogP contribution in [0.5, 0.6) is 0 Å². The molecule has 0 radical (unpaired) electrons. The molecule has 20 heavy (non-hydrogen) atoms. The van der Waals surface area contributed by atoms with E-state index in [1.165, 1.54) is 0 Å². The number of carbonyl (C=O) groups excluding carboxylic acids is 2. The highest BCUT2D eigenvalue weighted by Crippen LogP contribution is 2.24. The van der Waals surface area contributed by atoms with Crippen molar-refractivity contribution in [1.82, 2.24) is 16.0 Å². The van der Waals surface area contributed by atoms with Crippen LogP contribution in [0.4, 0.5) is 4.79 Å². The summed E-state index contributed by atoms with van der Waals surface area (Å²) in [5, 5.41) is 16.9. The van der Waals surface area contributed by atoms with E-state index in [2.05, 4.69) is 16.0 Å². The number of rotatable bonds is 5. The number of hydrogen-bond donors (Lipinski definition) is 4. The molecule has 0 aromatic rings. The average Bonchev–Trinajstić information content (AvgIpc) is 3.20. The van der Waals surface area contributed by atoms with Crippen LogP contribution < -0.4 is 16.0 Å². The fourth-order valence-electron chi connectivity index (χ4n) is 2.46. The molecule has 2 aliphatic rings. The van der Waals surface area contributed by atoms with Crippen LogP contribution in [0.2, 0.25) is 0 Å². The second-order valence-corrected chi connectivity index (χ2v) is 5.58. The second kappa shape index (κ2) is 6.69. The molecule has 0 bridgehead atoms. The minimum Gasteiger partial charge on any atom is -0.481 e. The van der Waals surface area contributed by atoms with Gasteiger partial charge in [-0.2, -0.15) is 0 Å². The summed E-state index contributed by atoms with van der Waals surface area (Å²) in [4.78, 5) is 33.8. The van der Waals surface area contributed by atoms with Crippen LogP contribution in [0.3, 0.4) is 0 Å². The van der Waals surface area contributed by atoms with Crippen molar-refractivity contribution in [2.24, 2.45) is 5.92 Å². The molecule has 2 unspecified atom stereocenters. The van der Waals surface area contributed by atoms with Crippen molar-refractivity contribution in [2.75, 3.05) is 6.54 Å². The summed E-state index contributed by atoms with van der Waals surface area (Å²) in [6, 6.07) is -0.209. The minimum atomic E-state index is -0.773. The van der Waals surface area contributed by atoms with Gasteiger partial charge in [-0.15, -0.1) is 0 Å². The van der Waals surface area contributed by atoms with Gasteiger partial charge >= 0.3 is 12.0 Å². The summed E-state index contributed by atoms with van der Waals surface area (Å²) in [5.74, 6) is -1.49. The molecule has 2 fully saturated rings.